The van der Waals surface area contributed by atoms with E-state index in [2.05, 4.69) is 4.98 Å². The fourth-order valence-corrected chi connectivity index (χ4v) is 2.74. The average Bonchev–Trinajstić information content (AvgIpc) is 2.38. The van der Waals surface area contributed by atoms with Crippen molar-refractivity contribution in [1.82, 2.24) is 4.98 Å². The smallest absolute Gasteiger partial charge is 0.334 e. The molecule has 7 nitrogen and oxygen atoms in total. The number of ether oxygens (including phenoxy) is 1. The number of carbonyl (C=O) groups is 1. The van der Waals surface area contributed by atoms with Crippen LogP contribution in [0.4, 0.5) is 5.82 Å². The van der Waals surface area contributed by atoms with Crippen LogP contribution in [0.25, 0.3) is 0 Å². The highest BCUT2D eigenvalue weighted by Gasteiger charge is 2.29. The summed E-state index contributed by atoms with van der Waals surface area (Å²) < 4.78 is 28.5. The quantitative estimate of drug-likeness (QED) is 0.820. The highest BCUT2D eigenvalue weighted by atomic mass is 32.2. The summed E-state index contributed by atoms with van der Waals surface area (Å²) in [7, 11) is -3.41. The van der Waals surface area contributed by atoms with Crippen molar-refractivity contribution in [2.24, 2.45) is 0 Å². The van der Waals surface area contributed by atoms with Gasteiger partial charge in [-0.1, -0.05) is 0 Å². The van der Waals surface area contributed by atoms with Crippen LogP contribution in [0.1, 0.15) is 0 Å². The number of rotatable bonds is 3. The molecule has 19 heavy (non-hydrogen) atoms. The number of carboxylic acid groups (broad SMARTS) is 1. The van der Waals surface area contributed by atoms with Crippen molar-refractivity contribution in [3.8, 4) is 0 Å². The zero-order valence-electron chi connectivity index (χ0n) is 10.3. The molecule has 0 aliphatic carbocycles. The van der Waals surface area contributed by atoms with Gasteiger partial charge in [0, 0.05) is 19.0 Å². The van der Waals surface area contributed by atoms with Gasteiger partial charge in [0.05, 0.1) is 13.2 Å². The molecule has 1 atom stereocenters. The molecule has 104 valence electrons. The molecule has 1 saturated heterocycles. The van der Waals surface area contributed by atoms with Crippen LogP contribution in [-0.2, 0) is 19.4 Å². The Kier molecular flexibility index (Phi) is 3.72. The van der Waals surface area contributed by atoms with Gasteiger partial charge in [-0.05, 0) is 12.1 Å². The van der Waals surface area contributed by atoms with Crippen molar-refractivity contribution in [2.45, 2.75) is 11.0 Å². The monoisotopic (exact) mass is 286 g/mol. The summed E-state index contributed by atoms with van der Waals surface area (Å²) in [5, 5.41) is 8.94. The van der Waals surface area contributed by atoms with E-state index < -0.39 is 21.9 Å². The van der Waals surface area contributed by atoms with Gasteiger partial charge in [-0.2, -0.15) is 0 Å². The van der Waals surface area contributed by atoms with Crippen LogP contribution < -0.4 is 4.90 Å². The largest absolute Gasteiger partial charge is 0.479 e. The van der Waals surface area contributed by atoms with Crippen molar-refractivity contribution >= 4 is 21.6 Å². The van der Waals surface area contributed by atoms with Gasteiger partial charge < -0.3 is 14.7 Å². The van der Waals surface area contributed by atoms with Gasteiger partial charge in [0.1, 0.15) is 10.7 Å². The molecule has 0 saturated carbocycles. The zero-order chi connectivity index (χ0) is 14.0. The molecule has 8 heteroatoms. The first-order valence-corrected chi connectivity index (χ1v) is 7.53. The molecule has 1 fully saturated rings. The molecular formula is C11H14N2O5S. The topological polar surface area (TPSA) is 96.8 Å². The molecule has 0 spiro atoms. The molecular weight excluding hydrogens is 272 g/mol. The Morgan fingerprint density at radius 1 is 1.58 bits per heavy atom. The lowest BCUT2D eigenvalue weighted by molar-refractivity contribution is -0.150. The average molecular weight is 286 g/mol. The van der Waals surface area contributed by atoms with Gasteiger partial charge in [-0.3, -0.25) is 0 Å². The fraction of sp³-hybridized carbons (Fsp3) is 0.455. The minimum absolute atomic E-state index is 0.0782. The number of nitrogens with zero attached hydrogens (tertiary/aromatic N) is 2. The van der Waals surface area contributed by atoms with Crippen molar-refractivity contribution < 1.29 is 23.1 Å². The third-order valence-electron chi connectivity index (χ3n) is 2.79. The second-order valence-electron chi connectivity index (χ2n) is 4.24. The number of hydrogen-bond acceptors (Lipinski definition) is 6. The maximum atomic E-state index is 11.7. The maximum Gasteiger partial charge on any atom is 0.334 e. The van der Waals surface area contributed by atoms with Crippen LogP contribution in [0.15, 0.2) is 23.2 Å². The first kappa shape index (κ1) is 13.8. The van der Waals surface area contributed by atoms with Crippen LogP contribution in [0.3, 0.4) is 0 Å². The van der Waals surface area contributed by atoms with E-state index in [1.54, 1.807) is 4.90 Å². The van der Waals surface area contributed by atoms with Crippen LogP contribution in [0.2, 0.25) is 0 Å². The molecule has 0 radical (unpaired) electrons. The van der Waals surface area contributed by atoms with Gasteiger partial charge in [0.15, 0.2) is 15.9 Å². The summed E-state index contributed by atoms with van der Waals surface area (Å²) in [4.78, 5) is 16.7. The van der Waals surface area contributed by atoms with Crippen molar-refractivity contribution in [1.29, 1.82) is 0 Å². The summed E-state index contributed by atoms with van der Waals surface area (Å²) in [6.45, 7) is 0.703. The highest BCUT2D eigenvalue weighted by Crippen LogP contribution is 2.24. The van der Waals surface area contributed by atoms with E-state index >= 15 is 0 Å². The molecule has 0 amide bonds. The predicted molar refractivity (Wildman–Crippen MR) is 66.9 cm³/mol. The summed E-state index contributed by atoms with van der Waals surface area (Å²) in [5.41, 5.74) is 0. The fourth-order valence-electron chi connectivity index (χ4n) is 1.90. The number of anilines is 1. The minimum atomic E-state index is -3.41. The number of carboxylic acids is 1. The van der Waals surface area contributed by atoms with Crippen molar-refractivity contribution in [3.63, 3.8) is 0 Å². The highest BCUT2D eigenvalue weighted by molar-refractivity contribution is 7.90. The van der Waals surface area contributed by atoms with E-state index in [0.29, 0.717) is 6.54 Å². The van der Waals surface area contributed by atoms with Crippen molar-refractivity contribution in [3.05, 3.63) is 18.3 Å². The van der Waals surface area contributed by atoms with E-state index in [4.69, 9.17) is 9.84 Å². The molecule has 1 unspecified atom stereocenters. The van der Waals surface area contributed by atoms with Gasteiger partial charge >= 0.3 is 5.97 Å². The number of aliphatic carboxylic acids is 1. The zero-order valence-corrected chi connectivity index (χ0v) is 11.1. The summed E-state index contributed by atoms with van der Waals surface area (Å²) in [6.07, 6.45) is 1.61. The van der Waals surface area contributed by atoms with Crippen LogP contribution in [-0.4, -0.2) is 56.5 Å². The van der Waals surface area contributed by atoms with Crippen LogP contribution >= 0.6 is 0 Å². The maximum absolute atomic E-state index is 11.7. The lowest BCUT2D eigenvalue weighted by Gasteiger charge is -2.32. The third-order valence-corrected chi connectivity index (χ3v) is 3.91. The predicted octanol–water partition coefficient (Wildman–Crippen LogP) is -0.225. The van der Waals surface area contributed by atoms with Gasteiger partial charge in [0.25, 0.3) is 0 Å². The molecule has 2 rings (SSSR count). The molecule has 0 aromatic carbocycles. The van der Waals surface area contributed by atoms with E-state index in [9.17, 15) is 13.2 Å². The number of sulfone groups is 1. The Labute approximate surface area is 110 Å². The molecule has 1 aliphatic heterocycles. The van der Waals surface area contributed by atoms with E-state index in [-0.39, 0.29) is 23.9 Å². The summed E-state index contributed by atoms with van der Waals surface area (Å²) in [5.74, 6) is -0.791. The van der Waals surface area contributed by atoms with Crippen LogP contribution in [0, 0.1) is 0 Å². The second-order valence-corrected chi connectivity index (χ2v) is 6.23. The first-order chi connectivity index (χ1) is 8.89. The summed E-state index contributed by atoms with van der Waals surface area (Å²) >= 11 is 0. The number of morpholine rings is 1. The second kappa shape index (κ2) is 5.14. The number of pyridine rings is 1. The Bertz CT molecular complexity index is 587. The SMILES string of the molecule is CS(=O)(=O)c1cccnc1N1CCOC(C(=O)O)C1. The van der Waals surface area contributed by atoms with Gasteiger partial charge in [-0.15, -0.1) is 0 Å². The lowest BCUT2D eigenvalue weighted by Crippen LogP contribution is -2.46. The van der Waals surface area contributed by atoms with E-state index in [1.807, 2.05) is 0 Å². The van der Waals surface area contributed by atoms with E-state index in [1.165, 1.54) is 18.3 Å². The third kappa shape index (κ3) is 3.02. The Morgan fingerprint density at radius 3 is 2.95 bits per heavy atom. The van der Waals surface area contributed by atoms with Crippen molar-refractivity contribution in [2.75, 3.05) is 30.9 Å². The Morgan fingerprint density at radius 2 is 2.32 bits per heavy atom. The molecule has 0 bridgehead atoms. The first-order valence-electron chi connectivity index (χ1n) is 5.64. The standard InChI is InChI=1S/C11H14N2O5S/c1-19(16,17)9-3-2-4-12-10(9)13-5-6-18-8(7-13)11(14)15/h2-4,8H,5-7H2,1H3,(H,14,15). The molecule has 1 aromatic rings. The molecule has 1 aliphatic rings. The molecule has 2 heterocycles. The number of aromatic nitrogens is 1. The Balaban J connectivity index is 2.34. The Hall–Kier alpha value is -1.67. The lowest BCUT2D eigenvalue weighted by atomic mass is 10.2. The van der Waals surface area contributed by atoms with E-state index in [0.717, 1.165) is 6.26 Å². The minimum Gasteiger partial charge on any atom is -0.479 e. The molecule has 1 N–H and O–H groups in total. The van der Waals surface area contributed by atoms with Gasteiger partial charge in [0.2, 0.25) is 0 Å². The van der Waals surface area contributed by atoms with Gasteiger partial charge in [-0.25, -0.2) is 18.2 Å². The number of hydrogen-bond donors (Lipinski definition) is 1. The molecule has 1 aromatic heterocycles. The summed E-state index contributed by atoms with van der Waals surface area (Å²) in [6, 6.07) is 3.00. The van der Waals surface area contributed by atoms with Crippen LogP contribution in [0.5, 0.6) is 0 Å². The normalized spacial score (nSPS) is 20.3.